The number of rotatable bonds is 6. The monoisotopic (exact) mass is 319 g/mol. The van der Waals surface area contributed by atoms with Crippen molar-refractivity contribution in [2.45, 2.75) is 19.0 Å². The molecule has 0 aromatic heterocycles. The van der Waals surface area contributed by atoms with E-state index in [-0.39, 0.29) is 17.9 Å². The van der Waals surface area contributed by atoms with Crippen LogP contribution in [0.25, 0.3) is 0 Å². The van der Waals surface area contributed by atoms with E-state index in [1.807, 2.05) is 35.6 Å². The zero-order valence-corrected chi connectivity index (χ0v) is 13.4. The van der Waals surface area contributed by atoms with Crippen LogP contribution in [0.5, 0.6) is 0 Å². The Morgan fingerprint density at radius 3 is 2.65 bits per heavy atom. The van der Waals surface area contributed by atoms with Gasteiger partial charge in [0.15, 0.2) is 6.04 Å². The van der Waals surface area contributed by atoms with Crippen molar-refractivity contribution in [1.82, 2.24) is 4.90 Å². The Hall–Kier alpha value is -1.76. The average molecular weight is 319 g/mol. The maximum Gasteiger partial charge on any atom is 0.288 e. The van der Waals surface area contributed by atoms with Gasteiger partial charge in [-0.25, -0.2) is 0 Å². The van der Waals surface area contributed by atoms with Crippen LogP contribution in [0.15, 0.2) is 30.3 Å². The second kappa shape index (κ2) is 7.68. The molecule has 0 radical (unpaired) electrons. The maximum atomic E-state index is 12.4. The summed E-state index contributed by atoms with van der Waals surface area (Å²) in [5.41, 5.74) is 0.993. The average Bonchev–Trinajstić information content (AvgIpc) is 2.85. The fourth-order valence-corrected chi connectivity index (χ4v) is 3.22. The van der Waals surface area contributed by atoms with E-state index in [4.69, 9.17) is 4.74 Å². The van der Waals surface area contributed by atoms with Crippen molar-refractivity contribution in [1.29, 1.82) is 0 Å². The molecule has 2 fully saturated rings. The molecule has 2 heterocycles. The number of ether oxygens (including phenoxy) is 1. The van der Waals surface area contributed by atoms with Crippen LogP contribution in [0.2, 0.25) is 0 Å². The van der Waals surface area contributed by atoms with Crippen molar-refractivity contribution in [2.75, 3.05) is 39.4 Å². The van der Waals surface area contributed by atoms with E-state index in [0.29, 0.717) is 13.0 Å². The van der Waals surface area contributed by atoms with E-state index in [1.165, 1.54) is 9.80 Å². The van der Waals surface area contributed by atoms with Gasteiger partial charge in [0, 0.05) is 0 Å². The van der Waals surface area contributed by atoms with Gasteiger partial charge in [0.1, 0.15) is 26.2 Å². The molecule has 2 aliphatic rings. The smallest absolute Gasteiger partial charge is 0.288 e. The van der Waals surface area contributed by atoms with Gasteiger partial charge in [0.25, 0.3) is 5.91 Å². The molecule has 1 aromatic rings. The largest absolute Gasteiger partial charge is 0.370 e. The van der Waals surface area contributed by atoms with Gasteiger partial charge in [-0.1, -0.05) is 30.3 Å². The number of nitrogens with one attached hydrogen (secondary N) is 1. The van der Waals surface area contributed by atoms with Crippen LogP contribution in [-0.4, -0.2) is 62.1 Å². The first kappa shape index (κ1) is 16.1. The van der Waals surface area contributed by atoms with Crippen LogP contribution in [0.1, 0.15) is 12.0 Å². The highest BCUT2D eigenvalue weighted by atomic mass is 16.5. The van der Waals surface area contributed by atoms with E-state index in [9.17, 15) is 9.59 Å². The fourth-order valence-electron chi connectivity index (χ4n) is 3.22. The molecule has 0 aliphatic carbocycles. The van der Waals surface area contributed by atoms with Crippen molar-refractivity contribution in [3.63, 3.8) is 0 Å². The first-order chi connectivity index (χ1) is 11.2. The molecular formula is C17H25N3O3+2. The summed E-state index contributed by atoms with van der Waals surface area (Å²) in [6.45, 7) is 5.98. The zero-order valence-electron chi connectivity index (χ0n) is 13.4. The minimum absolute atomic E-state index is 0.0455. The summed E-state index contributed by atoms with van der Waals surface area (Å²) in [4.78, 5) is 27.5. The van der Waals surface area contributed by atoms with Crippen molar-refractivity contribution >= 4 is 11.8 Å². The normalized spacial score (nSPS) is 22.8. The Balaban J connectivity index is 1.48. The number of quaternary nitrogens is 2. The van der Waals surface area contributed by atoms with Crippen molar-refractivity contribution in [3.05, 3.63) is 35.9 Å². The quantitative estimate of drug-likeness (QED) is 0.585. The van der Waals surface area contributed by atoms with Crippen LogP contribution in [0.4, 0.5) is 0 Å². The highest BCUT2D eigenvalue weighted by Crippen LogP contribution is 2.14. The first-order valence-electron chi connectivity index (χ1n) is 8.37. The van der Waals surface area contributed by atoms with Gasteiger partial charge in [-0.05, 0) is 5.56 Å². The van der Waals surface area contributed by atoms with Gasteiger partial charge < -0.3 is 15.0 Å². The number of nitrogens with zero attached hydrogens (tertiary/aromatic N) is 1. The number of carbonyl (C=O) groups is 2. The van der Waals surface area contributed by atoms with Gasteiger partial charge in [-0.2, -0.15) is 0 Å². The number of nitrogens with two attached hydrogens (primary N) is 1. The van der Waals surface area contributed by atoms with E-state index in [1.54, 1.807) is 0 Å². The van der Waals surface area contributed by atoms with Crippen molar-refractivity contribution < 1.29 is 24.5 Å². The third-order valence-electron chi connectivity index (χ3n) is 4.61. The number of morpholine rings is 1. The molecule has 3 rings (SSSR count). The van der Waals surface area contributed by atoms with Crippen LogP contribution in [0, 0.1) is 0 Å². The molecule has 3 N–H and O–H groups in total. The number of carbonyl (C=O) groups excluding carboxylic acids is 2. The second-order valence-corrected chi connectivity index (χ2v) is 6.25. The summed E-state index contributed by atoms with van der Waals surface area (Å²) in [6.07, 6.45) is 0.324. The molecule has 1 atom stereocenters. The molecule has 0 bridgehead atoms. The molecule has 0 unspecified atom stereocenters. The molecular weight excluding hydrogens is 294 g/mol. The number of likely N-dealkylation sites (tertiary alicyclic amines) is 1. The highest BCUT2D eigenvalue weighted by molar-refractivity contribution is 6.04. The molecule has 2 amide bonds. The number of hydrogen-bond donors (Lipinski definition) is 2. The summed E-state index contributed by atoms with van der Waals surface area (Å²) in [5, 5.41) is 2.04. The van der Waals surface area contributed by atoms with Crippen molar-refractivity contribution in [2.24, 2.45) is 0 Å². The summed E-state index contributed by atoms with van der Waals surface area (Å²) >= 11 is 0. The summed E-state index contributed by atoms with van der Waals surface area (Å²) in [5.74, 6) is -0.102. The molecule has 6 heteroatoms. The van der Waals surface area contributed by atoms with E-state index in [0.717, 1.165) is 45.0 Å². The molecule has 2 aliphatic heterocycles. The summed E-state index contributed by atoms with van der Waals surface area (Å²) in [6, 6.07) is 9.43. The lowest BCUT2D eigenvalue weighted by atomic mass is 10.2. The lowest BCUT2D eigenvalue weighted by Gasteiger charge is -2.23. The Morgan fingerprint density at radius 1 is 1.17 bits per heavy atom. The van der Waals surface area contributed by atoms with Gasteiger partial charge >= 0.3 is 0 Å². The van der Waals surface area contributed by atoms with Crippen LogP contribution in [0.3, 0.4) is 0 Å². The Morgan fingerprint density at radius 2 is 1.91 bits per heavy atom. The summed E-state index contributed by atoms with van der Waals surface area (Å²) in [7, 11) is 0. The number of amides is 2. The van der Waals surface area contributed by atoms with Gasteiger partial charge in [0.05, 0.1) is 26.2 Å². The minimum Gasteiger partial charge on any atom is -0.370 e. The molecule has 0 saturated carbocycles. The maximum absolute atomic E-state index is 12.4. The lowest BCUT2D eigenvalue weighted by Crippen LogP contribution is -3.16. The predicted octanol–water partition coefficient (Wildman–Crippen LogP) is -2.21. The third-order valence-corrected chi connectivity index (χ3v) is 4.61. The van der Waals surface area contributed by atoms with Crippen LogP contribution in [-0.2, 0) is 20.9 Å². The third kappa shape index (κ3) is 4.16. The van der Waals surface area contributed by atoms with Crippen LogP contribution >= 0.6 is 0 Å². The molecule has 0 spiro atoms. The van der Waals surface area contributed by atoms with E-state index < -0.39 is 0 Å². The molecule has 124 valence electrons. The van der Waals surface area contributed by atoms with E-state index >= 15 is 0 Å². The molecule has 2 saturated heterocycles. The minimum atomic E-state index is -0.244. The fraction of sp³-hybridized carbons (Fsp3) is 0.529. The topological polar surface area (TPSA) is 67.7 Å². The number of hydrogen-bond acceptors (Lipinski definition) is 3. The van der Waals surface area contributed by atoms with Crippen molar-refractivity contribution in [3.8, 4) is 0 Å². The van der Waals surface area contributed by atoms with Gasteiger partial charge in [-0.3, -0.25) is 14.5 Å². The Kier molecular flexibility index (Phi) is 5.38. The number of imide groups is 1. The SMILES string of the molecule is O=C1C[C@H]([NH2+]CC[NH+]2CCOCC2)C(=O)N1Cc1ccccc1. The van der Waals surface area contributed by atoms with Gasteiger partial charge in [0.2, 0.25) is 5.91 Å². The van der Waals surface area contributed by atoms with Crippen LogP contribution < -0.4 is 10.2 Å². The van der Waals surface area contributed by atoms with Gasteiger partial charge in [-0.15, -0.1) is 0 Å². The Labute approximate surface area is 136 Å². The molecule has 1 aromatic carbocycles. The standard InChI is InChI=1S/C17H23N3O3/c21-16-12-15(18-6-7-19-8-10-23-11-9-19)17(22)20(16)13-14-4-2-1-3-5-14/h1-5,15,18H,6-13H2/p+2/t15-/m0/s1. The second-order valence-electron chi connectivity index (χ2n) is 6.25. The highest BCUT2D eigenvalue weighted by Gasteiger charge is 2.41. The Bertz CT molecular complexity index is 543. The molecule has 6 nitrogen and oxygen atoms in total. The number of benzene rings is 1. The zero-order chi connectivity index (χ0) is 16.1. The predicted molar refractivity (Wildman–Crippen MR) is 83.6 cm³/mol. The first-order valence-corrected chi connectivity index (χ1v) is 8.37. The van der Waals surface area contributed by atoms with E-state index in [2.05, 4.69) is 0 Å². The summed E-state index contributed by atoms with van der Waals surface area (Å²) < 4.78 is 5.34. The lowest BCUT2D eigenvalue weighted by molar-refractivity contribution is -0.920. The molecule has 23 heavy (non-hydrogen) atoms.